The number of aliphatic hydroxyl groups excluding tert-OH is 1. The lowest BCUT2D eigenvalue weighted by molar-refractivity contribution is -0.131. The maximum absolute atomic E-state index is 12.1. The average molecular weight is 295 g/mol. The van der Waals surface area contributed by atoms with E-state index >= 15 is 0 Å². The van der Waals surface area contributed by atoms with Gasteiger partial charge in [0.05, 0.1) is 19.3 Å². The van der Waals surface area contributed by atoms with Gasteiger partial charge >= 0.3 is 0 Å². The first-order valence-corrected chi connectivity index (χ1v) is 7.20. The number of methoxy groups -OCH3 is 1. The summed E-state index contributed by atoms with van der Waals surface area (Å²) in [6, 6.07) is 7.74. The van der Waals surface area contributed by atoms with Gasteiger partial charge in [0.25, 0.3) is 0 Å². The number of benzene rings is 1. The highest BCUT2D eigenvalue weighted by molar-refractivity contribution is 5.76. The Morgan fingerprint density at radius 3 is 2.76 bits per heavy atom. The molecule has 1 aromatic carbocycles. The molecule has 0 aromatic heterocycles. The van der Waals surface area contributed by atoms with Crippen LogP contribution in [0.4, 0.5) is 0 Å². The molecule has 21 heavy (non-hydrogen) atoms. The minimum Gasteiger partial charge on any atom is -0.494 e. The van der Waals surface area contributed by atoms with Crippen LogP contribution in [0, 0.1) is 0 Å². The van der Waals surface area contributed by atoms with Gasteiger partial charge in [-0.1, -0.05) is 18.2 Å². The van der Waals surface area contributed by atoms with Crippen LogP contribution in [0.15, 0.2) is 24.3 Å². The quantitative estimate of drug-likeness (QED) is 0.750. The predicted octanol–water partition coefficient (Wildman–Crippen LogP) is 1.48. The van der Waals surface area contributed by atoms with E-state index in [4.69, 9.17) is 9.47 Å². The van der Waals surface area contributed by atoms with Crippen molar-refractivity contribution in [2.75, 3.05) is 33.9 Å². The Kier molecular flexibility index (Phi) is 7.79. The number of ether oxygens (including phenoxy) is 2. The number of carbonyl (C=O) groups excluding carboxylic acids is 1. The molecule has 1 aromatic rings. The Hall–Kier alpha value is -1.59. The number of aryl methyl sites for hydroxylation is 1. The van der Waals surface area contributed by atoms with Crippen LogP contribution in [-0.2, 0) is 16.0 Å². The number of carbonyl (C=O) groups is 1. The Balaban J connectivity index is 2.49. The minimum absolute atomic E-state index is 0.00328. The van der Waals surface area contributed by atoms with Gasteiger partial charge in [0.2, 0.25) is 5.91 Å². The molecule has 0 fully saturated rings. The molecule has 0 heterocycles. The van der Waals surface area contributed by atoms with Gasteiger partial charge in [-0.05, 0) is 25.0 Å². The van der Waals surface area contributed by atoms with Crippen molar-refractivity contribution in [2.45, 2.75) is 25.9 Å². The second-order valence-corrected chi connectivity index (χ2v) is 4.92. The smallest absolute Gasteiger partial charge is 0.222 e. The van der Waals surface area contributed by atoms with E-state index in [2.05, 4.69) is 0 Å². The van der Waals surface area contributed by atoms with E-state index in [9.17, 15) is 9.90 Å². The lowest BCUT2D eigenvalue weighted by Crippen LogP contribution is -2.36. The fourth-order valence-electron chi connectivity index (χ4n) is 2.10. The van der Waals surface area contributed by atoms with Crippen LogP contribution in [0.3, 0.4) is 0 Å². The first-order chi connectivity index (χ1) is 10.1. The molecule has 118 valence electrons. The number of amides is 1. The van der Waals surface area contributed by atoms with Crippen LogP contribution in [0.25, 0.3) is 0 Å². The number of likely N-dealkylation sites (N-methyl/N-ethyl adjacent to an activating group) is 1. The second kappa shape index (κ2) is 9.37. The summed E-state index contributed by atoms with van der Waals surface area (Å²) in [5.74, 6) is 0.825. The standard InChI is InChI=1S/C16H25NO4/c1-4-21-15-8-6-5-7-13(15)9-10-16(19)17(2)11-14(18)12-20-3/h5-8,14,18H,4,9-12H2,1-3H3. The SMILES string of the molecule is CCOc1ccccc1CCC(=O)N(C)CC(O)COC. The zero-order chi connectivity index (χ0) is 15.7. The Morgan fingerprint density at radius 2 is 2.10 bits per heavy atom. The summed E-state index contributed by atoms with van der Waals surface area (Å²) in [5, 5.41) is 9.63. The molecule has 0 aliphatic heterocycles. The topological polar surface area (TPSA) is 59.0 Å². The third kappa shape index (κ3) is 6.14. The van der Waals surface area contributed by atoms with Crippen LogP contribution in [0.5, 0.6) is 5.75 Å². The molecule has 1 amide bonds. The summed E-state index contributed by atoms with van der Waals surface area (Å²) in [6.45, 7) is 3.05. The molecule has 1 unspecified atom stereocenters. The third-order valence-corrected chi connectivity index (χ3v) is 3.15. The van der Waals surface area contributed by atoms with E-state index in [0.717, 1.165) is 11.3 Å². The fourth-order valence-corrected chi connectivity index (χ4v) is 2.10. The highest BCUT2D eigenvalue weighted by Gasteiger charge is 2.14. The van der Waals surface area contributed by atoms with Crippen molar-refractivity contribution < 1.29 is 19.4 Å². The van der Waals surface area contributed by atoms with Crippen molar-refractivity contribution in [1.29, 1.82) is 0 Å². The van der Waals surface area contributed by atoms with Gasteiger partial charge in [0.1, 0.15) is 5.75 Å². The number of nitrogens with zero attached hydrogens (tertiary/aromatic N) is 1. The first-order valence-electron chi connectivity index (χ1n) is 7.20. The van der Waals surface area contributed by atoms with Crippen LogP contribution in [0.1, 0.15) is 18.9 Å². The van der Waals surface area contributed by atoms with Gasteiger partial charge < -0.3 is 19.5 Å². The summed E-state index contributed by atoms with van der Waals surface area (Å²) >= 11 is 0. The maximum Gasteiger partial charge on any atom is 0.222 e. The molecule has 1 N–H and O–H groups in total. The monoisotopic (exact) mass is 295 g/mol. The van der Waals surface area contributed by atoms with Crippen molar-refractivity contribution in [1.82, 2.24) is 4.90 Å². The summed E-state index contributed by atoms with van der Waals surface area (Å²) in [4.78, 5) is 13.6. The van der Waals surface area contributed by atoms with E-state index < -0.39 is 6.10 Å². The normalized spacial score (nSPS) is 12.0. The lowest BCUT2D eigenvalue weighted by atomic mass is 10.1. The van der Waals surface area contributed by atoms with Gasteiger partial charge in [0, 0.05) is 27.1 Å². The van der Waals surface area contributed by atoms with Crippen LogP contribution >= 0.6 is 0 Å². The van der Waals surface area contributed by atoms with E-state index in [1.807, 2.05) is 31.2 Å². The zero-order valence-electron chi connectivity index (χ0n) is 13.0. The summed E-state index contributed by atoms with van der Waals surface area (Å²) in [7, 11) is 3.21. The van der Waals surface area contributed by atoms with Crippen LogP contribution in [-0.4, -0.2) is 55.9 Å². The fraction of sp³-hybridized carbons (Fsp3) is 0.562. The number of rotatable bonds is 9. The van der Waals surface area contributed by atoms with Gasteiger partial charge in [-0.25, -0.2) is 0 Å². The third-order valence-electron chi connectivity index (χ3n) is 3.15. The first kappa shape index (κ1) is 17.5. The van der Waals surface area contributed by atoms with Crippen LogP contribution < -0.4 is 4.74 Å². The molecule has 0 spiro atoms. The van der Waals surface area contributed by atoms with Gasteiger partial charge in [-0.15, -0.1) is 0 Å². The molecular weight excluding hydrogens is 270 g/mol. The Morgan fingerprint density at radius 1 is 1.38 bits per heavy atom. The molecule has 5 nitrogen and oxygen atoms in total. The largest absolute Gasteiger partial charge is 0.494 e. The predicted molar refractivity (Wildman–Crippen MR) is 81.5 cm³/mol. The Bertz CT molecular complexity index is 436. The molecule has 0 radical (unpaired) electrons. The molecule has 0 aliphatic carbocycles. The van der Waals surface area contributed by atoms with Crippen molar-refractivity contribution in [3.8, 4) is 5.75 Å². The van der Waals surface area contributed by atoms with Crippen molar-refractivity contribution >= 4 is 5.91 Å². The summed E-state index contributed by atoms with van der Waals surface area (Å²) in [6.07, 6.45) is 0.361. The number of para-hydroxylation sites is 1. The van der Waals surface area contributed by atoms with Crippen molar-refractivity contribution in [2.24, 2.45) is 0 Å². The molecule has 0 saturated carbocycles. The number of aliphatic hydroxyl groups is 1. The second-order valence-electron chi connectivity index (χ2n) is 4.92. The molecule has 0 bridgehead atoms. The van der Waals surface area contributed by atoms with Crippen molar-refractivity contribution in [3.05, 3.63) is 29.8 Å². The zero-order valence-corrected chi connectivity index (χ0v) is 13.0. The number of hydrogen-bond donors (Lipinski definition) is 1. The summed E-state index contributed by atoms with van der Waals surface area (Å²) < 4.78 is 10.4. The van der Waals surface area contributed by atoms with E-state index in [1.54, 1.807) is 7.05 Å². The minimum atomic E-state index is -0.653. The van der Waals surface area contributed by atoms with Gasteiger partial charge in [-0.3, -0.25) is 4.79 Å². The van der Waals surface area contributed by atoms with Crippen molar-refractivity contribution in [3.63, 3.8) is 0 Å². The number of hydrogen-bond acceptors (Lipinski definition) is 4. The highest BCUT2D eigenvalue weighted by Crippen LogP contribution is 2.19. The van der Waals surface area contributed by atoms with E-state index in [1.165, 1.54) is 12.0 Å². The summed E-state index contributed by atoms with van der Waals surface area (Å²) in [5.41, 5.74) is 1.03. The molecule has 0 saturated heterocycles. The molecule has 1 rings (SSSR count). The van der Waals surface area contributed by atoms with Gasteiger partial charge in [-0.2, -0.15) is 0 Å². The molecular formula is C16H25NO4. The van der Waals surface area contributed by atoms with E-state index in [0.29, 0.717) is 19.4 Å². The van der Waals surface area contributed by atoms with Gasteiger partial charge in [0.15, 0.2) is 0 Å². The average Bonchev–Trinajstić information content (AvgIpc) is 2.46. The van der Waals surface area contributed by atoms with Crippen LogP contribution in [0.2, 0.25) is 0 Å². The van der Waals surface area contributed by atoms with E-state index in [-0.39, 0.29) is 19.1 Å². The highest BCUT2D eigenvalue weighted by atomic mass is 16.5. The molecule has 5 heteroatoms. The Labute approximate surface area is 126 Å². The lowest BCUT2D eigenvalue weighted by Gasteiger charge is -2.20. The molecule has 0 aliphatic rings. The maximum atomic E-state index is 12.1. The molecule has 1 atom stereocenters.